The molecule has 1 aromatic heterocycles. The number of morpholine rings is 1. The van der Waals surface area contributed by atoms with Gasteiger partial charge in [-0.3, -0.25) is 4.79 Å². The highest BCUT2D eigenvalue weighted by Crippen LogP contribution is 2.40. The van der Waals surface area contributed by atoms with E-state index in [0.29, 0.717) is 45.8 Å². The van der Waals surface area contributed by atoms with E-state index < -0.39 is 5.41 Å². The molecule has 2 aromatic rings. The van der Waals surface area contributed by atoms with Crippen LogP contribution in [0, 0.1) is 12.3 Å². The number of benzene rings is 1. The van der Waals surface area contributed by atoms with Crippen LogP contribution in [0.5, 0.6) is 5.75 Å². The maximum atomic E-state index is 13.4. The van der Waals surface area contributed by atoms with Crippen molar-refractivity contribution in [2.24, 2.45) is 5.41 Å². The molecule has 144 valence electrons. The molecule has 1 amide bonds. The first-order valence-corrected chi connectivity index (χ1v) is 9.92. The summed E-state index contributed by atoms with van der Waals surface area (Å²) < 4.78 is 15.0. The third kappa shape index (κ3) is 3.64. The van der Waals surface area contributed by atoms with Crippen LogP contribution in [0.25, 0.3) is 0 Å². The lowest BCUT2D eigenvalue weighted by atomic mass is 9.73. The Hall–Kier alpha value is -2.19. The van der Waals surface area contributed by atoms with Crippen molar-refractivity contribution in [3.63, 3.8) is 0 Å². The van der Waals surface area contributed by atoms with Crippen LogP contribution in [-0.4, -0.2) is 66.7 Å². The first kappa shape index (κ1) is 18.2. The molecular weight excluding hydrogens is 364 g/mol. The van der Waals surface area contributed by atoms with E-state index >= 15 is 0 Å². The molecule has 8 heteroatoms. The second kappa shape index (κ2) is 7.44. The van der Waals surface area contributed by atoms with E-state index in [-0.39, 0.29) is 5.91 Å². The fraction of sp³-hybridized carbons (Fsp3) is 0.526. The largest absolute Gasteiger partial charge is 0.497 e. The fourth-order valence-electron chi connectivity index (χ4n) is 3.83. The number of aromatic nitrogens is 2. The van der Waals surface area contributed by atoms with E-state index in [4.69, 9.17) is 9.47 Å². The predicted octanol–water partition coefficient (Wildman–Crippen LogP) is 1.76. The van der Waals surface area contributed by atoms with E-state index in [9.17, 15) is 4.79 Å². The summed E-state index contributed by atoms with van der Waals surface area (Å²) >= 11 is 1.39. The lowest BCUT2D eigenvalue weighted by Gasteiger charge is -2.51. The summed E-state index contributed by atoms with van der Waals surface area (Å²) in [5.41, 5.74) is 0.674. The van der Waals surface area contributed by atoms with E-state index in [2.05, 4.69) is 20.3 Å². The molecule has 27 heavy (non-hydrogen) atoms. The monoisotopic (exact) mass is 388 g/mol. The molecule has 3 heterocycles. The first-order valence-electron chi connectivity index (χ1n) is 9.15. The van der Waals surface area contributed by atoms with Gasteiger partial charge >= 0.3 is 0 Å². The number of hydrogen-bond acceptors (Lipinski definition) is 7. The Balaban J connectivity index is 1.56. The number of amides is 1. The molecule has 1 aromatic carbocycles. The Kier molecular flexibility index (Phi) is 5.01. The topological polar surface area (TPSA) is 67.8 Å². The number of nitrogens with zero attached hydrogens (tertiary/aromatic N) is 4. The molecule has 0 atom stereocenters. The molecule has 0 N–H and O–H groups in total. The summed E-state index contributed by atoms with van der Waals surface area (Å²) in [6.07, 6.45) is 0.689. The molecular formula is C19H24N4O3S. The first-order chi connectivity index (χ1) is 13.1. The SMILES string of the molecule is COc1cccc(CC2(C(=O)N3CCOCC3)CN(c3nc(C)ns3)C2)c1. The van der Waals surface area contributed by atoms with Crippen LogP contribution in [0.2, 0.25) is 0 Å². The fourth-order valence-corrected chi connectivity index (χ4v) is 4.50. The molecule has 2 fully saturated rings. The van der Waals surface area contributed by atoms with Crippen molar-refractivity contribution >= 4 is 22.6 Å². The second-order valence-electron chi connectivity index (χ2n) is 7.19. The van der Waals surface area contributed by atoms with Crippen LogP contribution in [0.3, 0.4) is 0 Å². The van der Waals surface area contributed by atoms with Gasteiger partial charge in [0.15, 0.2) is 0 Å². The smallest absolute Gasteiger partial charge is 0.232 e. The molecule has 0 unspecified atom stereocenters. The summed E-state index contributed by atoms with van der Waals surface area (Å²) in [5, 5.41) is 0.892. The van der Waals surface area contributed by atoms with Gasteiger partial charge in [-0.25, -0.2) is 4.98 Å². The van der Waals surface area contributed by atoms with Gasteiger partial charge in [0.05, 0.1) is 25.7 Å². The van der Waals surface area contributed by atoms with E-state index in [0.717, 1.165) is 22.3 Å². The van der Waals surface area contributed by atoms with E-state index in [1.807, 2.05) is 30.0 Å². The van der Waals surface area contributed by atoms with Crippen molar-refractivity contribution in [3.05, 3.63) is 35.7 Å². The maximum absolute atomic E-state index is 13.4. The highest BCUT2D eigenvalue weighted by atomic mass is 32.1. The van der Waals surface area contributed by atoms with Crippen molar-refractivity contribution in [2.45, 2.75) is 13.3 Å². The number of methoxy groups -OCH3 is 1. The van der Waals surface area contributed by atoms with Crippen molar-refractivity contribution in [1.82, 2.24) is 14.3 Å². The molecule has 7 nitrogen and oxygen atoms in total. The van der Waals surface area contributed by atoms with Gasteiger partial charge in [-0.15, -0.1) is 0 Å². The van der Waals surface area contributed by atoms with Gasteiger partial charge in [0.25, 0.3) is 0 Å². The van der Waals surface area contributed by atoms with Crippen molar-refractivity contribution in [3.8, 4) is 5.75 Å². The Labute approximate surface area is 163 Å². The molecule has 2 saturated heterocycles. The third-order valence-corrected chi connectivity index (χ3v) is 6.07. The average Bonchev–Trinajstić information content (AvgIpc) is 3.10. The van der Waals surface area contributed by atoms with Gasteiger partial charge in [-0.2, -0.15) is 4.37 Å². The molecule has 0 saturated carbocycles. The minimum atomic E-state index is -0.441. The lowest BCUT2D eigenvalue weighted by Crippen LogP contribution is -2.66. The highest BCUT2D eigenvalue weighted by molar-refractivity contribution is 7.09. The Morgan fingerprint density at radius 3 is 2.78 bits per heavy atom. The summed E-state index contributed by atoms with van der Waals surface area (Å²) in [7, 11) is 1.66. The number of carbonyl (C=O) groups is 1. The normalized spacial score (nSPS) is 18.9. The molecule has 0 bridgehead atoms. The zero-order chi connectivity index (χ0) is 18.9. The maximum Gasteiger partial charge on any atom is 0.232 e. The molecule has 0 spiro atoms. The van der Waals surface area contributed by atoms with Crippen molar-refractivity contribution in [1.29, 1.82) is 0 Å². The summed E-state index contributed by atoms with van der Waals surface area (Å²) in [6, 6.07) is 7.99. The number of rotatable bonds is 5. The number of aryl methyl sites for hydroxylation is 1. The molecule has 0 aliphatic carbocycles. The van der Waals surface area contributed by atoms with Gasteiger partial charge in [0.1, 0.15) is 11.6 Å². The van der Waals surface area contributed by atoms with Crippen molar-refractivity contribution in [2.75, 3.05) is 51.4 Å². The zero-order valence-electron chi connectivity index (χ0n) is 15.7. The molecule has 0 radical (unpaired) electrons. The average molecular weight is 388 g/mol. The standard InChI is InChI=1S/C19H24N4O3S/c1-14-20-18(27-21-14)23-12-19(13-23,17(24)22-6-8-26-9-7-22)11-15-4-3-5-16(10-15)25-2/h3-5,10H,6-9,11-13H2,1-2H3. The third-order valence-electron chi connectivity index (χ3n) is 5.20. The van der Waals surface area contributed by atoms with Gasteiger partial charge in [-0.1, -0.05) is 12.1 Å². The number of carbonyl (C=O) groups excluding carboxylic acids is 1. The predicted molar refractivity (Wildman–Crippen MR) is 103 cm³/mol. The molecule has 2 aliphatic rings. The Morgan fingerprint density at radius 1 is 1.33 bits per heavy atom. The van der Waals surface area contributed by atoms with E-state index in [1.165, 1.54) is 11.5 Å². The number of anilines is 1. The van der Waals surface area contributed by atoms with Crippen LogP contribution in [0.4, 0.5) is 5.13 Å². The zero-order valence-corrected chi connectivity index (χ0v) is 16.5. The van der Waals surface area contributed by atoms with Crippen LogP contribution in [-0.2, 0) is 16.0 Å². The minimum Gasteiger partial charge on any atom is -0.497 e. The summed E-state index contributed by atoms with van der Waals surface area (Å²) in [5.74, 6) is 1.81. The summed E-state index contributed by atoms with van der Waals surface area (Å²) in [4.78, 5) is 22.0. The van der Waals surface area contributed by atoms with Gasteiger partial charge in [0.2, 0.25) is 11.0 Å². The minimum absolute atomic E-state index is 0.214. The Bertz CT molecular complexity index is 813. The van der Waals surface area contributed by atoms with Gasteiger partial charge in [-0.05, 0) is 31.0 Å². The van der Waals surface area contributed by atoms with Crippen LogP contribution in [0.15, 0.2) is 24.3 Å². The van der Waals surface area contributed by atoms with Gasteiger partial charge in [0, 0.05) is 37.7 Å². The lowest BCUT2D eigenvalue weighted by molar-refractivity contribution is -0.148. The highest BCUT2D eigenvalue weighted by Gasteiger charge is 2.52. The summed E-state index contributed by atoms with van der Waals surface area (Å²) in [6.45, 7) is 5.76. The number of hydrogen-bond donors (Lipinski definition) is 0. The van der Waals surface area contributed by atoms with Gasteiger partial charge < -0.3 is 19.3 Å². The molecule has 4 rings (SSSR count). The van der Waals surface area contributed by atoms with Crippen LogP contribution in [0.1, 0.15) is 11.4 Å². The van der Waals surface area contributed by atoms with Crippen LogP contribution >= 0.6 is 11.5 Å². The van der Waals surface area contributed by atoms with Crippen molar-refractivity contribution < 1.29 is 14.3 Å². The number of ether oxygens (including phenoxy) is 2. The second-order valence-corrected chi connectivity index (χ2v) is 7.92. The van der Waals surface area contributed by atoms with Crippen LogP contribution < -0.4 is 9.64 Å². The Morgan fingerprint density at radius 2 is 2.11 bits per heavy atom. The molecule has 2 aliphatic heterocycles. The quantitative estimate of drug-likeness (QED) is 0.778. The van der Waals surface area contributed by atoms with E-state index in [1.54, 1.807) is 7.11 Å².